The number of hydrogen-bond acceptors (Lipinski definition) is 2. The van der Waals surface area contributed by atoms with Crippen LogP contribution in [0, 0.1) is 0 Å². The normalized spacial score (nSPS) is 31.2. The van der Waals surface area contributed by atoms with Crippen LogP contribution in [0.4, 0.5) is 8.78 Å². The van der Waals surface area contributed by atoms with Crippen LogP contribution in [0.1, 0.15) is 25.7 Å². The average molecular weight is 241 g/mol. The van der Waals surface area contributed by atoms with Crippen molar-refractivity contribution in [3.63, 3.8) is 0 Å². The van der Waals surface area contributed by atoms with Crippen molar-refractivity contribution in [3.8, 4) is 0 Å². The third kappa shape index (κ3) is 3.85. The molecule has 0 spiro atoms. The number of nitrogens with one attached hydrogen (secondary N) is 1. The van der Waals surface area contributed by atoms with Gasteiger partial charge in [0.05, 0.1) is 0 Å². The molecule has 15 heavy (non-hydrogen) atoms. The molecule has 0 aromatic heterocycles. The molecule has 2 fully saturated rings. The maximum absolute atomic E-state index is 12.8. The first kappa shape index (κ1) is 13.1. The van der Waals surface area contributed by atoms with Gasteiger partial charge in [0, 0.05) is 38.5 Å². The van der Waals surface area contributed by atoms with E-state index in [0.717, 1.165) is 13.1 Å². The van der Waals surface area contributed by atoms with Gasteiger partial charge in [-0.05, 0) is 19.4 Å². The molecule has 2 aliphatic rings. The predicted molar refractivity (Wildman–Crippen MR) is 58.9 cm³/mol. The third-order valence-corrected chi connectivity index (χ3v) is 3.23. The molecular formula is C10H19ClF2N2. The largest absolute Gasteiger partial charge is 0.313 e. The van der Waals surface area contributed by atoms with Crippen molar-refractivity contribution in [2.24, 2.45) is 0 Å². The number of rotatable bonds is 2. The van der Waals surface area contributed by atoms with Crippen molar-refractivity contribution in [1.29, 1.82) is 0 Å². The Bertz CT molecular complexity index is 186. The molecule has 0 aliphatic carbocycles. The molecular weight excluding hydrogens is 222 g/mol. The lowest BCUT2D eigenvalue weighted by molar-refractivity contribution is -0.0560. The van der Waals surface area contributed by atoms with Gasteiger partial charge in [-0.25, -0.2) is 8.78 Å². The Morgan fingerprint density at radius 1 is 1.27 bits per heavy atom. The van der Waals surface area contributed by atoms with E-state index < -0.39 is 5.92 Å². The Morgan fingerprint density at radius 3 is 2.47 bits per heavy atom. The van der Waals surface area contributed by atoms with E-state index in [2.05, 4.69) is 10.2 Å². The van der Waals surface area contributed by atoms with Gasteiger partial charge in [-0.2, -0.15) is 0 Å². The molecule has 2 rings (SSSR count). The zero-order chi connectivity index (χ0) is 10.0. The number of likely N-dealkylation sites (tertiary alicyclic amines) is 1. The van der Waals surface area contributed by atoms with E-state index in [4.69, 9.17) is 0 Å². The van der Waals surface area contributed by atoms with Gasteiger partial charge < -0.3 is 10.2 Å². The summed E-state index contributed by atoms with van der Waals surface area (Å²) in [4.78, 5) is 2.17. The van der Waals surface area contributed by atoms with Gasteiger partial charge >= 0.3 is 0 Å². The first-order valence-corrected chi connectivity index (χ1v) is 5.49. The van der Waals surface area contributed by atoms with Crippen LogP contribution < -0.4 is 5.32 Å². The van der Waals surface area contributed by atoms with E-state index in [-0.39, 0.29) is 25.2 Å². The number of piperidine rings is 1. The maximum Gasteiger partial charge on any atom is 0.250 e. The lowest BCUT2D eigenvalue weighted by Crippen LogP contribution is -2.44. The van der Waals surface area contributed by atoms with Crippen LogP contribution in [0.15, 0.2) is 0 Å². The average Bonchev–Trinajstić information content (AvgIpc) is 2.61. The van der Waals surface area contributed by atoms with Gasteiger partial charge in [-0.1, -0.05) is 0 Å². The second-order valence-electron chi connectivity index (χ2n) is 4.45. The minimum Gasteiger partial charge on any atom is -0.313 e. The number of nitrogens with zero attached hydrogens (tertiary/aromatic N) is 1. The molecule has 2 nitrogen and oxygen atoms in total. The Morgan fingerprint density at radius 2 is 1.93 bits per heavy atom. The molecule has 90 valence electrons. The Kier molecular flexibility index (Phi) is 4.74. The van der Waals surface area contributed by atoms with Crippen LogP contribution in [0.2, 0.25) is 0 Å². The third-order valence-electron chi connectivity index (χ3n) is 3.23. The highest BCUT2D eigenvalue weighted by Crippen LogP contribution is 2.27. The van der Waals surface area contributed by atoms with Gasteiger partial charge in [0.25, 0.3) is 5.92 Å². The molecule has 2 heterocycles. The topological polar surface area (TPSA) is 15.3 Å². The van der Waals surface area contributed by atoms with Crippen LogP contribution >= 0.6 is 12.4 Å². The highest BCUT2D eigenvalue weighted by atomic mass is 35.5. The Balaban J connectivity index is 0.00000112. The van der Waals surface area contributed by atoms with E-state index in [9.17, 15) is 8.78 Å². The molecule has 0 unspecified atom stereocenters. The van der Waals surface area contributed by atoms with Gasteiger partial charge in [0.2, 0.25) is 0 Å². The summed E-state index contributed by atoms with van der Waals surface area (Å²) in [5, 5.41) is 3.40. The lowest BCUT2D eigenvalue weighted by Gasteiger charge is -2.33. The highest BCUT2D eigenvalue weighted by molar-refractivity contribution is 5.85. The van der Waals surface area contributed by atoms with E-state index in [0.29, 0.717) is 19.1 Å². The van der Waals surface area contributed by atoms with Crippen LogP contribution in [0.25, 0.3) is 0 Å². The molecule has 5 heteroatoms. The lowest BCUT2D eigenvalue weighted by atomic mass is 10.1. The predicted octanol–water partition coefficient (Wildman–Crippen LogP) is 1.89. The zero-order valence-electron chi connectivity index (χ0n) is 8.85. The smallest absolute Gasteiger partial charge is 0.250 e. The maximum atomic E-state index is 12.8. The first-order chi connectivity index (χ1) is 6.66. The summed E-state index contributed by atoms with van der Waals surface area (Å²) >= 11 is 0. The monoisotopic (exact) mass is 240 g/mol. The van der Waals surface area contributed by atoms with Crippen molar-refractivity contribution in [3.05, 3.63) is 0 Å². The first-order valence-electron chi connectivity index (χ1n) is 5.49. The summed E-state index contributed by atoms with van der Waals surface area (Å²) < 4.78 is 25.7. The molecule has 0 aromatic rings. The Labute approximate surface area is 95.8 Å². The van der Waals surface area contributed by atoms with Gasteiger partial charge in [0.1, 0.15) is 0 Å². The molecule has 0 saturated carbocycles. The van der Waals surface area contributed by atoms with Crippen molar-refractivity contribution in [1.82, 2.24) is 10.2 Å². The second kappa shape index (κ2) is 5.41. The molecule has 2 aliphatic heterocycles. The van der Waals surface area contributed by atoms with Crippen LogP contribution in [-0.2, 0) is 0 Å². The number of alkyl halides is 2. The summed E-state index contributed by atoms with van der Waals surface area (Å²) in [7, 11) is 0. The van der Waals surface area contributed by atoms with Crippen LogP contribution in [0.5, 0.6) is 0 Å². The van der Waals surface area contributed by atoms with Crippen molar-refractivity contribution in [2.75, 3.05) is 26.2 Å². The summed E-state index contributed by atoms with van der Waals surface area (Å²) in [6.45, 7) is 3.17. The molecule has 1 atom stereocenters. The fourth-order valence-electron chi connectivity index (χ4n) is 2.29. The second-order valence-corrected chi connectivity index (χ2v) is 4.45. The fourth-order valence-corrected chi connectivity index (χ4v) is 2.29. The molecule has 2 saturated heterocycles. The van der Waals surface area contributed by atoms with Crippen LogP contribution in [-0.4, -0.2) is 43.0 Å². The minimum atomic E-state index is -2.40. The van der Waals surface area contributed by atoms with Gasteiger partial charge in [0.15, 0.2) is 0 Å². The van der Waals surface area contributed by atoms with E-state index in [1.807, 2.05) is 0 Å². The van der Waals surface area contributed by atoms with Gasteiger partial charge in [-0.15, -0.1) is 12.4 Å². The summed E-state index contributed by atoms with van der Waals surface area (Å²) in [6.07, 6.45) is 2.51. The van der Waals surface area contributed by atoms with Crippen molar-refractivity contribution >= 4 is 12.4 Å². The standard InChI is InChI=1S/C10H18F2N2.ClH/c11-10(12)3-6-14(7-4-10)8-9-2-1-5-13-9;/h9,13H,1-8H2;1H/t9-;/m0./s1. The van der Waals surface area contributed by atoms with Crippen LogP contribution in [0.3, 0.4) is 0 Å². The highest BCUT2D eigenvalue weighted by Gasteiger charge is 2.34. The quantitative estimate of drug-likeness (QED) is 0.793. The van der Waals surface area contributed by atoms with E-state index >= 15 is 0 Å². The molecule has 0 bridgehead atoms. The van der Waals surface area contributed by atoms with Crippen molar-refractivity contribution < 1.29 is 8.78 Å². The summed E-state index contributed by atoms with van der Waals surface area (Å²) in [6, 6.07) is 0.543. The fraction of sp³-hybridized carbons (Fsp3) is 1.00. The molecule has 1 N–H and O–H groups in total. The SMILES string of the molecule is Cl.FC1(F)CCN(C[C@@H]2CCCN2)CC1. The summed E-state index contributed by atoms with van der Waals surface area (Å²) in [5.74, 6) is -2.40. The molecule has 0 aromatic carbocycles. The summed E-state index contributed by atoms with van der Waals surface area (Å²) in [5.41, 5.74) is 0. The minimum absolute atomic E-state index is 0. The molecule has 0 amide bonds. The van der Waals surface area contributed by atoms with Crippen molar-refractivity contribution in [2.45, 2.75) is 37.6 Å². The van der Waals surface area contributed by atoms with E-state index in [1.54, 1.807) is 0 Å². The molecule has 0 radical (unpaired) electrons. The Hall–Kier alpha value is 0.0700. The number of halogens is 3. The zero-order valence-corrected chi connectivity index (χ0v) is 9.66. The number of hydrogen-bond donors (Lipinski definition) is 1. The van der Waals surface area contributed by atoms with E-state index in [1.165, 1.54) is 12.8 Å². The van der Waals surface area contributed by atoms with Gasteiger partial charge in [-0.3, -0.25) is 0 Å².